The van der Waals surface area contributed by atoms with Gasteiger partial charge in [-0.2, -0.15) is 5.10 Å². The molecule has 0 atom stereocenters. The fourth-order valence-corrected chi connectivity index (χ4v) is 2.84. The van der Waals surface area contributed by atoms with Gasteiger partial charge in [-0.15, -0.1) is 0 Å². The second kappa shape index (κ2) is 7.27. The molecular weight excluding hydrogens is 260 g/mol. The first-order valence-electron chi connectivity index (χ1n) is 7.94. The second-order valence-corrected chi connectivity index (χ2v) is 5.66. The van der Waals surface area contributed by atoms with Crippen LogP contribution < -0.4 is 10.2 Å². The van der Waals surface area contributed by atoms with E-state index in [1.807, 2.05) is 23.1 Å². The fourth-order valence-electron chi connectivity index (χ4n) is 2.84. The van der Waals surface area contributed by atoms with Crippen LogP contribution in [0.4, 0.5) is 5.69 Å². The van der Waals surface area contributed by atoms with Crippen molar-refractivity contribution in [1.82, 2.24) is 15.1 Å². The number of hydrogen-bond donors (Lipinski definition) is 1. The van der Waals surface area contributed by atoms with Gasteiger partial charge in [-0.05, 0) is 43.0 Å². The molecule has 0 spiro atoms. The standard InChI is InChI=1S/C17H24N4/c1-2-11-20(12-3-1)17-7-5-16(6-8-17)15-18-10-14-21-13-4-9-19-21/h4-9,13,18H,1-3,10-12,14-15H2. The van der Waals surface area contributed by atoms with Crippen molar-refractivity contribution in [3.05, 3.63) is 48.3 Å². The zero-order valence-electron chi connectivity index (χ0n) is 12.5. The SMILES string of the molecule is c1cnn(CCNCc2ccc(N3CCCCC3)cc2)c1. The number of piperidine rings is 1. The highest BCUT2D eigenvalue weighted by molar-refractivity contribution is 5.47. The van der Waals surface area contributed by atoms with E-state index >= 15 is 0 Å². The topological polar surface area (TPSA) is 33.1 Å². The summed E-state index contributed by atoms with van der Waals surface area (Å²) in [5, 5.41) is 7.66. The first-order valence-corrected chi connectivity index (χ1v) is 7.94. The van der Waals surface area contributed by atoms with Crippen LogP contribution in [-0.4, -0.2) is 29.4 Å². The Hall–Kier alpha value is -1.81. The number of benzene rings is 1. The van der Waals surface area contributed by atoms with Crippen LogP contribution >= 0.6 is 0 Å². The molecule has 21 heavy (non-hydrogen) atoms. The second-order valence-electron chi connectivity index (χ2n) is 5.66. The van der Waals surface area contributed by atoms with E-state index in [-0.39, 0.29) is 0 Å². The molecule has 1 N–H and O–H groups in total. The van der Waals surface area contributed by atoms with Crippen molar-refractivity contribution in [3.8, 4) is 0 Å². The summed E-state index contributed by atoms with van der Waals surface area (Å²) in [5.74, 6) is 0. The highest BCUT2D eigenvalue weighted by atomic mass is 15.3. The van der Waals surface area contributed by atoms with Gasteiger partial charge in [0.25, 0.3) is 0 Å². The van der Waals surface area contributed by atoms with Crippen LogP contribution in [0.2, 0.25) is 0 Å². The maximum absolute atomic E-state index is 4.20. The van der Waals surface area contributed by atoms with E-state index in [4.69, 9.17) is 0 Å². The van der Waals surface area contributed by atoms with Gasteiger partial charge in [0, 0.05) is 44.3 Å². The molecule has 1 aliphatic heterocycles. The van der Waals surface area contributed by atoms with Crippen molar-refractivity contribution in [2.75, 3.05) is 24.5 Å². The Bertz CT molecular complexity index is 512. The van der Waals surface area contributed by atoms with Gasteiger partial charge in [0.2, 0.25) is 0 Å². The lowest BCUT2D eigenvalue weighted by Gasteiger charge is -2.28. The maximum atomic E-state index is 4.20. The lowest BCUT2D eigenvalue weighted by atomic mass is 10.1. The Labute approximate surface area is 126 Å². The van der Waals surface area contributed by atoms with E-state index in [1.54, 1.807) is 0 Å². The summed E-state index contributed by atoms with van der Waals surface area (Å²) < 4.78 is 1.95. The van der Waals surface area contributed by atoms with Gasteiger partial charge in [0.15, 0.2) is 0 Å². The predicted molar refractivity (Wildman–Crippen MR) is 86.4 cm³/mol. The highest BCUT2D eigenvalue weighted by Gasteiger charge is 2.10. The summed E-state index contributed by atoms with van der Waals surface area (Å²) >= 11 is 0. The molecule has 1 fully saturated rings. The van der Waals surface area contributed by atoms with E-state index in [1.165, 1.54) is 43.6 Å². The van der Waals surface area contributed by atoms with E-state index in [9.17, 15) is 0 Å². The van der Waals surface area contributed by atoms with Crippen molar-refractivity contribution >= 4 is 5.69 Å². The fraction of sp³-hybridized carbons (Fsp3) is 0.471. The molecule has 0 bridgehead atoms. The molecule has 4 heteroatoms. The molecule has 0 unspecified atom stereocenters. The molecule has 3 rings (SSSR count). The minimum atomic E-state index is 0.916. The van der Waals surface area contributed by atoms with Crippen LogP contribution in [-0.2, 0) is 13.1 Å². The largest absolute Gasteiger partial charge is 0.372 e. The summed E-state index contributed by atoms with van der Waals surface area (Å²) in [6.07, 6.45) is 7.86. The monoisotopic (exact) mass is 284 g/mol. The third-order valence-corrected chi connectivity index (χ3v) is 4.06. The van der Waals surface area contributed by atoms with Crippen molar-refractivity contribution < 1.29 is 0 Å². The number of hydrogen-bond acceptors (Lipinski definition) is 3. The Morgan fingerprint density at radius 3 is 2.57 bits per heavy atom. The first-order chi connectivity index (χ1) is 10.4. The van der Waals surface area contributed by atoms with Gasteiger partial charge < -0.3 is 10.2 Å². The summed E-state index contributed by atoms with van der Waals surface area (Å²) in [4.78, 5) is 2.50. The van der Waals surface area contributed by atoms with Crippen LogP contribution in [0, 0.1) is 0 Å². The highest BCUT2D eigenvalue weighted by Crippen LogP contribution is 2.20. The summed E-state index contributed by atoms with van der Waals surface area (Å²) in [6.45, 7) is 5.19. The molecule has 0 amide bonds. The number of nitrogens with zero attached hydrogens (tertiary/aromatic N) is 3. The third kappa shape index (κ3) is 4.08. The van der Waals surface area contributed by atoms with Gasteiger partial charge in [0.05, 0.1) is 6.54 Å². The number of nitrogens with one attached hydrogen (secondary N) is 1. The minimum Gasteiger partial charge on any atom is -0.372 e. The van der Waals surface area contributed by atoms with E-state index in [0.717, 1.165) is 19.6 Å². The van der Waals surface area contributed by atoms with Crippen LogP contribution in [0.3, 0.4) is 0 Å². The van der Waals surface area contributed by atoms with Gasteiger partial charge in [0.1, 0.15) is 0 Å². The van der Waals surface area contributed by atoms with Gasteiger partial charge in [-0.1, -0.05) is 12.1 Å². The number of anilines is 1. The molecule has 1 aromatic carbocycles. The van der Waals surface area contributed by atoms with E-state index in [0.29, 0.717) is 0 Å². The first kappa shape index (κ1) is 14.1. The van der Waals surface area contributed by atoms with Crippen molar-refractivity contribution in [2.45, 2.75) is 32.4 Å². The van der Waals surface area contributed by atoms with Crippen molar-refractivity contribution in [2.24, 2.45) is 0 Å². The summed E-state index contributed by atoms with van der Waals surface area (Å²) in [7, 11) is 0. The molecule has 1 aliphatic rings. The Morgan fingerprint density at radius 1 is 1.05 bits per heavy atom. The van der Waals surface area contributed by atoms with E-state index < -0.39 is 0 Å². The van der Waals surface area contributed by atoms with Gasteiger partial charge in [-0.25, -0.2) is 0 Å². The Morgan fingerprint density at radius 2 is 1.86 bits per heavy atom. The van der Waals surface area contributed by atoms with Crippen LogP contribution in [0.1, 0.15) is 24.8 Å². The average Bonchev–Trinajstić information content (AvgIpc) is 3.06. The lowest BCUT2D eigenvalue weighted by molar-refractivity contribution is 0.554. The Balaban J connectivity index is 1.43. The van der Waals surface area contributed by atoms with Crippen molar-refractivity contribution in [3.63, 3.8) is 0 Å². The minimum absolute atomic E-state index is 0.916. The van der Waals surface area contributed by atoms with Crippen LogP contribution in [0.15, 0.2) is 42.7 Å². The zero-order valence-corrected chi connectivity index (χ0v) is 12.5. The quantitative estimate of drug-likeness (QED) is 0.828. The molecule has 0 aliphatic carbocycles. The molecule has 1 aromatic heterocycles. The van der Waals surface area contributed by atoms with Crippen LogP contribution in [0.5, 0.6) is 0 Å². The zero-order chi connectivity index (χ0) is 14.3. The lowest BCUT2D eigenvalue weighted by Crippen LogP contribution is -2.29. The third-order valence-electron chi connectivity index (χ3n) is 4.06. The summed E-state index contributed by atoms with van der Waals surface area (Å²) in [6, 6.07) is 11.0. The maximum Gasteiger partial charge on any atom is 0.0534 e. The van der Waals surface area contributed by atoms with Gasteiger partial charge in [-0.3, -0.25) is 4.68 Å². The smallest absolute Gasteiger partial charge is 0.0534 e. The van der Waals surface area contributed by atoms with E-state index in [2.05, 4.69) is 39.6 Å². The molecular formula is C17H24N4. The summed E-state index contributed by atoms with van der Waals surface area (Å²) in [5.41, 5.74) is 2.71. The molecule has 112 valence electrons. The van der Waals surface area contributed by atoms with Gasteiger partial charge >= 0.3 is 0 Å². The van der Waals surface area contributed by atoms with Crippen molar-refractivity contribution in [1.29, 1.82) is 0 Å². The Kier molecular flexibility index (Phi) is 4.90. The molecule has 2 aromatic rings. The molecule has 4 nitrogen and oxygen atoms in total. The number of rotatable bonds is 6. The molecule has 0 saturated carbocycles. The molecule has 2 heterocycles. The average molecular weight is 284 g/mol. The molecule has 1 saturated heterocycles. The predicted octanol–water partition coefficient (Wildman–Crippen LogP) is 2.66. The molecule has 0 radical (unpaired) electrons. The number of aromatic nitrogens is 2. The van der Waals surface area contributed by atoms with Crippen LogP contribution in [0.25, 0.3) is 0 Å². The normalized spacial score (nSPS) is 15.3.